The molecule has 1 aliphatic heterocycles. The third-order valence-corrected chi connectivity index (χ3v) is 4.51. The second-order valence-electron chi connectivity index (χ2n) is 6.32. The highest BCUT2D eigenvalue weighted by Crippen LogP contribution is 2.39. The largest absolute Gasteiger partial charge is 0.504 e. The molecule has 1 aliphatic rings. The van der Waals surface area contributed by atoms with E-state index in [1.165, 1.54) is 6.08 Å². The van der Waals surface area contributed by atoms with E-state index in [-0.39, 0.29) is 17.2 Å². The summed E-state index contributed by atoms with van der Waals surface area (Å²) in [6.45, 7) is 0. The molecule has 0 fully saturated rings. The minimum atomic E-state index is -1.32. The topological polar surface area (TPSA) is 137 Å². The minimum Gasteiger partial charge on any atom is -0.504 e. The van der Waals surface area contributed by atoms with Crippen molar-refractivity contribution in [1.82, 2.24) is 15.0 Å². The van der Waals surface area contributed by atoms with Crippen molar-refractivity contribution in [3.8, 4) is 5.75 Å². The lowest BCUT2D eigenvalue weighted by Gasteiger charge is -2.04. The first-order valence-electron chi connectivity index (χ1n) is 8.60. The monoisotopic (exact) mass is 387 g/mol. The van der Waals surface area contributed by atoms with Gasteiger partial charge in [0.25, 0.3) is 0 Å². The van der Waals surface area contributed by atoms with Gasteiger partial charge < -0.3 is 24.9 Å². The van der Waals surface area contributed by atoms with Crippen LogP contribution in [0.15, 0.2) is 52.3 Å². The SMILES string of the molecule is O=C(O)c1c(Nc2ccc3nc[nH]c3c2)oc(C=C2C=Nc3ncccc32)c1O. The van der Waals surface area contributed by atoms with Gasteiger partial charge in [-0.25, -0.2) is 19.8 Å². The summed E-state index contributed by atoms with van der Waals surface area (Å²) in [5, 5.41) is 22.9. The van der Waals surface area contributed by atoms with Crippen LogP contribution in [0.2, 0.25) is 0 Å². The van der Waals surface area contributed by atoms with E-state index in [9.17, 15) is 15.0 Å². The number of nitrogens with one attached hydrogen (secondary N) is 2. The maximum Gasteiger partial charge on any atom is 0.345 e. The lowest BCUT2D eigenvalue weighted by molar-refractivity contribution is 0.0695. The van der Waals surface area contributed by atoms with Crippen LogP contribution in [0.4, 0.5) is 17.4 Å². The summed E-state index contributed by atoms with van der Waals surface area (Å²) in [4.78, 5) is 27.2. The fourth-order valence-corrected chi connectivity index (χ4v) is 3.15. The highest BCUT2D eigenvalue weighted by Gasteiger charge is 2.26. The van der Waals surface area contributed by atoms with Gasteiger partial charge in [-0.2, -0.15) is 0 Å². The number of nitrogens with zero attached hydrogens (tertiary/aromatic N) is 3. The van der Waals surface area contributed by atoms with Gasteiger partial charge in [0.15, 0.2) is 22.9 Å². The summed E-state index contributed by atoms with van der Waals surface area (Å²) >= 11 is 0. The first kappa shape index (κ1) is 16.8. The van der Waals surface area contributed by atoms with Crippen LogP contribution in [0.1, 0.15) is 21.7 Å². The van der Waals surface area contributed by atoms with Crippen molar-refractivity contribution in [2.75, 3.05) is 5.32 Å². The van der Waals surface area contributed by atoms with Crippen molar-refractivity contribution in [3.05, 3.63) is 59.7 Å². The average molecular weight is 387 g/mol. The number of aromatic nitrogens is 3. The van der Waals surface area contributed by atoms with Gasteiger partial charge in [-0.3, -0.25) is 0 Å². The quantitative estimate of drug-likeness (QED) is 0.416. The number of pyridine rings is 1. The molecular formula is C20H13N5O4. The summed E-state index contributed by atoms with van der Waals surface area (Å²) < 4.78 is 5.66. The van der Waals surface area contributed by atoms with E-state index in [4.69, 9.17) is 4.42 Å². The van der Waals surface area contributed by atoms with Crippen LogP contribution in [0, 0.1) is 0 Å². The molecule has 0 aliphatic carbocycles. The number of aliphatic imine (C=N–C) groups is 1. The molecule has 29 heavy (non-hydrogen) atoms. The molecule has 0 atom stereocenters. The molecule has 4 aromatic rings. The maximum absolute atomic E-state index is 11.7. The van der Waals surface area contributed by atoms with Gasteiger partial charge in [0.05, 0.1) is 17.4 Å². The number of fused-ring (bicyclic) bond motifs is 2. The summed E-state index contributed by atoms with van der Waals surface area (Å²) in [7, 11) is 0. The van der Waals surface area contributed by atoms with Gasteiger partial charge >= 0.3 is 5.97 Å². The highest BCUT2D eigenvalue weighted by atomic mass is 16.4. The number of hydrogen-bond donors (Lipinski definition) is 4. The van der Waals surface area contributed by atoms with E-state index in [0.29, 0.717) is 17.1 Å². The zero-order valence-electron chi connectivity index (χ0n) is 14.7. The zero-order chi connectivity index (χ0) is 20.0. The molecule has 4 heterocycles. The van der Waals surface area contributed by atoms with Crippen LogP contribution in [0.3, 0.4) is 0 Å². The molecule has 142 valence electrons. The van der Waals surface area contributed by atoms with Crippen molar-refractivity contribution in [2.45, 2.75) is 0 Å². The van der Waals surface area contributed by atoms with Gasteiger partial charge in [-0.15, -0.1) is 0 Å². The predicted octanol–water partition coefficient (Wildman–Crippen LogP) is 3.95. The van der Waals surface area contributed by atoms with Crippen LogP contribution in [0.5, 0.6) is 5.75 Å². The first-order valence-corrected chi connectivity index (χ1v) is 8.60. The maximum atomic E-state index is 11.7. The van der Waals surface area contributed by atoms with Crippen molar-refractivity contribution < 1.29 is 19.4 Å². The van der Waals surface area contributed by atoms with Crippen LogP contribution in [-0.4, -0.2) is 37.3 Å². The Morgan fingerprint density at radius 1 is 1.24 bits per heavy atom. The number of carboxylic acid groups (broad SMARTS) is 1. The van der Waals surface area contributed by atoms with Gasteiger partial charge in [0, 0.05) is 29.2 Å². The number of benzene rings is 1. The number of carboxylic acids is 1. The average Bonchev–Trinajstić information content (AvgIpc) is 3.40. The van der Waals surface area contributed by atoms with Crippen molar-refractivity contribution in [1.29, 1.82) is 0 Å². The minimum absolute atomic E-state index is 0.00525. The Kier molecular flexibility index (Phi) is 3.66. The molecule has 0 saturated carbocycles. The summed E-state index contributed by atoms with van der Waals surface area (Å²) in [6.07, 6.45) is 6.31. The number of H-pyrrole nitrogens is 1. The number of aromatic hydroxyl groups is 1. The Morgan fingerprint density at radius 3 is 3.00 bits per heavy atom. The van der Waals surface area contributed by atoms with Crippen LogP contribution < -0.4 is 5.32 Å². The number of aromatic carboxylic acids is 1. The third-order valence-electron chi connectivity index (χ3n) is 4.51. The van der Waals surface area contributed by atoms with Crippen LogP contribution in [0.25, 0.3) is 22.7 Å². The molecule has 9 nitrogen and oxygen atoms in total. The van der Waals surface area contributed by atoms with Crippen LogP contribution in [-0.2, 0) is 0 Å². The molecular weight excluding hydrogens is 374 g/mol. The van der Waals surface area contributed by atoms with Gasteiger partial charge in [0.1, 0.15) is 0 Å². The number of carbonyl (C=O) groups is 1. The van der Waals surface area contributed by atoms with E-state index in [1.54, 1.807) is 43.0 Å². The normalized spacial score (nSPS) is 13.9. The molecule has 0 bridgehead atoms. The Balaban J connectivity index is 1.56. The van der Waals surface area contributed by atoms with Gasteiger partial charge in [-0.05, 0) is 36.4 Å². The fraction of sp³-hybridized carbons (Fsp3) is 0. The van der Waals surface area contributed by atoms with Gasteiger partial charge in [-0.1, -0.05) is 0 Å². The van der Waals surface area contributed by atoms with Gasteiger partial charge in [0.2, 0.25) is 5.88 Å². The lowest BCUT2D eigenvalue weighted by atomic mass is 10.1. The molecule has 0 radical (unpaired) electrons. The van der Waals surface area contributed by atoms with E-state index in [2.05, 4.69) is 25.3 Å². The number of aromatic amines is 1. The molecule has 3 aromatic heterocycles. The molecule has 0 saturated heterocycles. The van der Waals surface area contributed by atoms with Crippen LogP contribution >= 0.6 is 0 Å². The molecule has 9 heteroatoms. The third kappa shape index (κ3) is 2.81. The zero-order valence-corrected chi connectivity index (χ0v) is 14.7. The summed E-state index contributed by atoms with van der Waals surface area (Å²) in [5.74, 6) is -1.31. The number of anilines is 2. The second kappa shape index (κ2) is 6.34. The van der Waals surface area contributed by atoms with E-state index >= 15 is 0 Å². The number of allylic oxidation sites excluding steroid dienone is 1. The molecule has 1 aromatic carbocycles. The molecule has 5 rings (SSSR count). The lowest BCUT2D eigenvalue weighted by Crippen LogP contribution is -2.00. The Labute approximate surface area is 163 Å². The standard InChI is InChI=1S/C20H13N5O4/c26-17-15(6-10-8-22-18-12(10)2-1-5-21-18)29-19(16(17)20(27)28)25-11-3-4-13-14(7-11)24-9-23-13/h1-9,25-26H,(H,23,24)(H,27,28). The van der Waals surface area contributed by atoms with Crippen molar-refractivity contribution >= 4 is 52.3 Å². The van der Waals surface area contributed by atoms with E-state index < -0.39 is 11.7 Å². The summed E-state index contributed by atoms with van der Waals surface area (Å²) in [6, 6.07) is 8.87. The molecule has 0 spiro atoms. The fourth-order valence-electron chi connectivity index (χ4n) is 3.15. The Bertz CT molecular complexity index is 1330. The first-order chi connectivity index (χ1) is 14.1. The number of imidazole rings is 1. The Morgan fingerprint density at radius 2 is 2.14 bits per heavy atom. The molecule has 4 N–H and O–H groups in total. The van der Waals surface area contributed by atoms with Crippen molar-refractivity contribution in [3.63, 3.8) is 0 Å². The highest BCUT2D eigenvalue weighted by molar-refractivity contribution is 6.21. The molecule has 0 unspecified atom stereocenters. The number of rotatable bonds is 4. The number of furan rings is 1. The van der Waals surface area contributed by atoms with E-state index in [1.807, 2.05) is 6.07 Å². The van der Waals surface area contributed by atoms with Crippen molar-refractivity contribution in [2.24, 2.45) is 4.99 Å². The summed E-state index contributed by atoms with van der Waals surface area (Å²) in [5.41, 5.74) is 3.18. The second-order valence-corrected chi connectivity index (χ2v) is 6.32. The smallest absolute Gasteiger partial charge is 0.345 e. The van der Waals surface area contributed by atoms with E-state index in [0.717, 1.165) is 16.6 Å². The Hall–Kier alpha value is -4.40. The number of hydrogen-bond acceptors (Lipinski definition) is 7. The molecule has 0 amide bonds. The predicted molar refractivity (Wildman–Crippen MR) is 107 cm³/mol.